The Hall–Kier alpha value is -1.62. The Morgan fingerprint density at radius 1 is 1.19 bits per heavy atom. The Bertz CT molecular complexity index is 799. The van der Waals surface area contributed by atoms with Gasteiger partial charge in [0.15, 0.2) is 5.96 Å². The van der Waals surface area contributed by atoms with Crippen molar-refractivity contribution in [2.24, 2.45) is 4.99 Å². The first-order chi connectivity index (χ1) is 14.7. The molecule has 3 rings (SSSR count). The summed E-state index contributed by atoms with van der Waals surface area (Å²) in [6.07, 6.45) is 1.75. The molecule has 1 aromatic heterocycles. The minimum Gasteiger partial charge on any atom is -0.497 e. The average molecular weight is 560 g/mol. The van der Waals surface area contributed by atoms with Gasteiger partial charge < -0.3 is 20.1 Å². The van der Waals surface area contributed by atoms with Gasteiger partial charge in [-0.2, -0.15) is 0 Å². The van der Waals surface area contributed by atoms with Crippen LogP contribution in [-0.2, 0) is 11.3 Å². The van der Waals surface area contributed by atoms with Crippen LogP contribution in [0.15, 0.2) is 47.6 Å². The Balaban J connectivity index is 0.00000341. The van der Waals surface area contributed by atoms with Crippen molar-refractivity contribution in [3.05, 3.63) is 58.9 Å². The van der Waals surface area contributed by atoms with E-state index in [4.69, 9.17) is 26.1 Å². The zero-order chi connectivity index (χ0) is 21.2. The van der Waals surface area contributed by atoms with Crippen molar-refractivity contribution in [2.45, 2.75) is 19.5 Å². The summed E-state index contributed by atoms with van der Waals surface area (Å²) in [5.41, 5.74) is 2.25. The zero-order valence-corrected chi connectivity index (χ0v) is 21.1. The normalized spacial score (nSPS) is 15.6. The monoisotopic (exact) mass is 559 g/mol. The van der Waals surface area contributed by atoms with E-state index in [0.717, 1.165) is 56.7 Å². The summed E-state index contributed by atoms with van der Waals surface area (Å²) in [4.78, 5) is 11.3. The number of hydrogen-bond donors (Lipinski definition) is 2. The molecule has 31 heavy (non-hydrogen) atoms. The van der Waals surface area contributed by atoms with Gasteiger partial charge in [-0.1, -0.05) is 29.8 Å². The Morgan fingerprint density at radius 3 is 2.55 bits per heavy atom. The van der Waals surface area contributed by atoms with Crippen LogP contribution < -0.4 is 15.4 Å². The molecule has 2 heterocycles. The van der Waals surface area contributed by atoms with Crippen LogP contribution in [0.25, 0.3) is 0 Å². The van der Waals surface area contributed by atoms with Crippen molar-refractivity contribution < 1.29 is 9.47 Å². The third-order valence-electron chi connectivity index (χ3n) is 5.00. The molecule has 0 aliphatic carbocycles. The van der Waals surface area contributed by atoms with Crippen LogP contribution in [0.4, 0.5) is 0 Å². The van der Waals surface area contributed by atoms with E-state index in [1.807, 2.05) is 18.2 Å². The molecule has 1 saturated heterocycles. The lowest BCUT2D eigenvalue weighted by Crippen LogP contribution is -2.46. The van der Waals surface area contributed by atoms with E-state index < -0.39 is 0 Å². The van der Waals surface area contributed by atoms with Crippen molar-refractivity contribution in [3.8, 4) is 5.75 Å². The molecule has 1 fully saturated rings. The highest BCUT2D eigenvalue weighted by Gasteiger charge is 2.23. The maximum absolute atomic E-state index is 5.87. The number of nitrogens with one attached hydrogen (secondary N) is 2. The molecule has 0 spiro atoms. The number of hydrogen-bond acceptors (Lipinski definition) is 5. The quantitative estimate of drug-likeness (QED) is 0.223. The van der Waals surface area contributed by atoms with E-state index in [-0.39, 0.29) is 30.0 Å². The molecule has 170 valence electrons. The first kappa shape index (κ1) is 25.6. The van der Waals surface area contributed by atoms with Crippen LogP contribution in [0.2, 0.25) is 5.15 Å². The first-order valence-electron chi connectivity index (χ1n) is 10.3. The summed E-state index contributed by atoms with van der Waals surface area (Å²) in [5.74, 6) is 1.64. The number of methoxy groups -OCH3 is 1. The van der Waals surface area contributed by atoms with Gasteiger partial charge in [0.2, 0.25) is 0 Å². The molecule has 1 aliphatic rings. The van der Waals surface area contributed by atoms with Crippen LogP contribution in [0.3, 0.4) is 0 Å². The van der Waals surface area contributed by atoms with Crippen molar-refractivity contribution in [3.63, 3.8) is 0 Å². The predicted octanol–water partition coefficient (Wildman–Crippen LogP) is 3.49. The number of morpholine rings is 1. The van der Waals surface area contributed by atoms with Crippen LogP contribution in [0.1, 0.15) is 24.1 Å². The van der Waals surface area contributed by atoms with Gasteiger partial charge in [0.1, 0.15) is 10.9 Å². The van der Waals surface area contributed by atoms with Gasteiger partial charge in [0.25, 0.3) is 0 Å². The Morgan fingerprint density at radius 2 is 1.94 bits per heavy atom. The SMILES string of the molecule is CCNC(=NCc1ccc(Cl)nc1)NCC(c1ccc(OC)cc1)N1CCOCC1.I. The molecule has 1 atom stereocenters. The molecule has 1 aromatic carbocycles. The van der Waals surface area contributed by atoms with Gasteiger partial charge in [-0.25, -0.2) is 9.98 Å². The topological polar surface area (TPSA) is 71.0 Å². The molecule has 1 unspecified atom stereocenters. The highest BCUT2D eigenvalue weighted by molar-refractivity contribution is 14.0. The average Bonchev–Trinajstić information content (AvgIpc) is 2.79. The molecule has 1 aliphatic heterocycles. The molecular formula is C22H31ClIN5O2. The summed E-state index contributed by atoms with van der Waals surface area (Å²) >= 11 is 5.87. The predicted molar refractivity (Wildman–Crippen MR) is 136 cm³/mol. The van der Waals surface area contributed by atoms with Gasteiger partial charge >= 0.3 is 0 Å². The van der Waals surface area contributed by atoms with Gasteiger partial charge in [-0.05, 0) is 36.2 Å². The second kappa shape index (κ2) is 13.7. The third kappa shape index (κ3) is 8.10. The van der Waals surface area contributed by atoms with E-state index in [1.165, 1.54) is 5.56 Å². The number of guanidine groups is 1. The smallest absolute Gasteiger partial charge is 0.191 e. The molecule has 9 heteroatoms. The molecule has 2 N–H and O–H groups in total. The van der Waals surface area contributed by atoms with E-state index in [9.17, 15) is 0 Å². The highest BCUT2D eigenvalue weighted by Crippen LogP contribution is 2.23. The minimum absolute atomic E-state index is 0. The number of pyridine rings is 1. The number of ether oxygens (including phenoxy) is 2. The number of aliphatic imine (C=N–C) groups is 1. The van der Waals surface area contributed by atoms with E-state index in [0.29, 0.717) is 11.7 Å². The van der Waals surface area contributed by atoms with Gasteiger partial charge in [-0.3, -0.25) is 4.90 Å². The zero-order valence-electron chi connectivity index (χ0n) is 18.0. The van der Waals surface area contributed by atoms with E-state index >= 15 is 0 Å². The summed E-state index contributed by atoms with van der Waals surface area (Å²) in [5, 5.41) is 7.31. The lowest BCUT2D eigenvalue weighted by Gasteiger charge is -2.35. The fourth-order valence-corrected chi connectivity index (χ4v) is 3.49. The largest absolute Gasteiger partial charge is 0.497 e. The summed E-state index contributed by atoms with van der Waals surface area (Å²) in [6, 6.07) is 12.2. The van der Waals surface area contributed by atoms with Crippen molar-refractivity contribution >= 4 is 41.5 Å². The number of aromatic nitrogens is 1. The lowest BCUT2D eigenvalue weighted by molar-refractivity contribution is 0.0170. The van der Waals surface area contributed by atoms with E-state index in [2.05, 4.69) is 39.6 Å². The number of rotatable bonds is 8. The first-order valence-corrected chi connectivity index (χ1v) is 10.7. The van der Waals surface area contributed by atoms with Gasteiger partial charge in [-0.15, -0.1) is 24.0 Å². The van der Waals surface area contributed by atoms with Crippen LogP contribution in [0.5, 0.6) is 5.75 Å². The summed E-state index contributed by atoms with van der Waals surface area (Å²) in [7, 11) is 1.69. The fraction of sp³-hybridized carbons (Fsp3) is 0.455. The van der Waals surface area contributed by atoms with Gasteiger partial charge in [0, 0.05) is 32.4 Å². The van der Waals surface area contributed by atoms with Crippen LogP contribution in [-0.4, -0.2) is 62.3 Å². The van der Waals surface area contributed by atoms with Gasteiger partial charge in [0.05, 0.1) is 32.9 Å². The Kier molecular flexibility index (Phi) is 11.3. The minimum atomic E-state index is 0. The highest BCUT2D eigenvalue weighted by atomic mass is 127. The molecular weight excluding hydrogens is 529 g/mol. The maximum Gasteiger partial charge on any atom is 0.191 e. The second-order valence-electron chi connectivity index (χ2n) is 7.00. The van der Waals surface area contributed by atoms with Crippen molar-refractivity contribution in [2.75, 3.05) is 46.5 Å². The standard InChI is InChI=1S/C22H30ClN5O2.HI/c1-3-24-22(26-15-17-4-9-21(23)25-14-17)27-16-20(28-10-12-30-13-11-28)18-5-7-19(29-2)8-6-18;/h4-9,14,20H,3,10-13,15-16H2,1-2H3,(H2,24,26,27);1H. The molecule has 7 nitrogen and oxygen atoms in total. The second-order valence-corrected chi connectivity index (χ2v) is 7.39. The fourth-order valence-electron chi connectivity index (χ4n) is 3.38. The van der Waals surface area contributed by atoms with Crippen LogP contribution in [0, 0.1) is 0 Å². The van der Waals surface area contributed by atoms with E-state index in [1.54, 1.807) is 19.4 Å². The Labute approximate surface area is 206 Å². The number of benzene rings is 1. The summed E-state index contributed by atoms with van der Waals surface area (Å²) < 4.78 is 10.9. The van der Waals surface area contributed by atoms with Crippen LogP contribution >= 0.6 is 35.6 Å². The lowest BCUT2D eigenvalue weighted by atomic mass is 10.0. The number of nitrogens with zero attached hydrogens (tertiary/aromatic N) is 3. The summed E-state index contributed by atoms with van der Waals surface area (Å²) in [6.45, 7) is 7.43. The molecule has 0 amide bonds. The molecule has 0 saturated carbocycles. The maximum atomic E-state index is 5.87. The van der Waals surface area contributed by atoms with Crippen molar-refractivity contribution in [1.82, 2.24) is 20.5 Å². The molecule has 2 aromatic rings. The number of halogens is 2. The molecule has 0 radical (unpaired) electrons. The molecule has 0 bridgehead atoms. The third-order valence-corrected chi connectivity index (χ3v) is 5.23. The van der Waals surface area contributed by atoms with Crippen molar-refractivity contribution in [1.29, 1.82) is 0 Å².